The van der Waals surface area contributed by atoms with Crippen molar-refractivity contribution < 1.29 is 33.4 Å². The molecule has 11 nitrogen and oxygen atoms in total. The maximum absolute atomic E-state index is 13.2. The summed E-state index contributed by atoms with van der Waals surface area (Å²) < 4.78 is 24.3. The molecule has 3 aromatic rings. The van der Waals surface area contributed by atoms with Crippen LogP contribution in [0.25, 0.3) is 0 Å². The standard InChI is InChI=1S/C30H36FN5O6/c1-32-29(39)22-19-34-26(36-25-15-14-20(31)18-33-25)17-24(22)35-23-12-10-11-21(28(23)41-2)30(40)42-16-9-7-5-3-4-6-8-13-27(37)38/h10-12,14-15,17-19H,3-9,13,16H2,1-2H3,(H,32,39)(H,37,38)(H2,33,34,35,36). The molecule has 0 spiro atoms. The Morgan fingerprint density at radius 1 is 0.857 bits per heavy atom. The van der Waals surface area contributed by atoms with Crippen LogP contribution >= 0.6 is 0 Å². The zero-order valence-electron chi connectivity index (χ0n) is 23.7. The largest absolute Gasteiger partial charge is 0.494 e. The molecule has 1 amide bonds. The van der Waals surface area contributed by atoms with Gasteiger partial charge < -0.3 is 30.5 Å². The van der Waals surface area contributed by atoms with Gasteiger partial charge in [0.2, 0.25) is 0 Å². The van der Waals surface area contributed by atoms with Gasteiger partial charge >= 0.3 is 11.9 Å². The summed E-state index contributed by atoms with van der Waals surface area (Å²) in [4.78, 5) is 44.2. The number of carboxylic acids is 1. The summed E-state index contributed by atoms with van der Waals surface area (Å²) in [6.45, 7) is 0.260. The number of aliphatic carboxylic acids is 1. The number of carbonyl (C=O) groups excluding carboxylic acids is 2. The number of halogens is 1. The van der Waals surface area contributed by atoms with Crippen molar-refractivity contribution in [3.05, 3.63) is 65.7 Å². The number of carbonyl (C=O) groups is 3. The summed E-state index contributed by atoms with van der Waals surface area (Å²) in [5, 5.41) is 17.4. The summed E-state index contributed by atoms with van der Waals surface area (Å²) in [6, 6.07) is 9.29. The fourth-order valence-corrected chi connectivity index (χ4v) is 4.19. The topological polar surface area (TPSA) is 152 Å². The molecule has 0 unspecified atom stereocenters. The van der Waals surface area contributed by atoms with Gasteiger partial charge in [0.15, 0.2) is 5.75 Å². The van der Waals surface area contributed by atoms with Crippen LogP contribution in [0.5, 0.6) is 5.75 Å². The van der Waals surface area contributed by atoms with Crippen LogP contribution in [0.2, 0.25) is 0 Å². The highest BCUT2D eigenvalue weighted by Gasteiger charge is 2.20. The third-order valence-corrected chi connectivity index (χ3v) is 6.34. The minimum atomic E-state index is -0.761. The average molecular weight is 582 g/mol. The monoisotopic (exact) mass is 581 g/mol. The molecule has 0 saturated carbocycles. The van der Waals surface area contributed by atoms with Crippen LogP contribution in [0, 0.1) is 5.82 Å². The molecule has 0 radical (unpaired) electrons. The van der Waals surface area contributed by atoms with Crippen LogP contribution in [-0.4, -0.2) is 53.7 Å². The molecular formula is C30H36FN5O6. The lowest BCUT2D eigenvalue weighted by Gasteiger charge is -2.17. The Morgan fingerprint density at radius 3 is 2.24 bits per heavy atom. The second-order valence-electron chi connectivity index (χ2n) is 9.45. The minimum absolute atomic E-state index is 0.210. The molecule has 0 fully saturated rings. The van der Waals surface area contributed by atoms with Crippen molar-refractivity contribution in [1.82, 2.24) is 15.3 Å². The summed E-state index contributed by atoms with van der Waals surface area (Å²) in [5.74, 6) is -1.19. The number of hydrogen-bond acceptors (Lipinski definition) is 9. The van der Waals surface area contributed by atoms with Gasteiger partial charge in [-0.2, -0.15) is 0 Å². The first kappa shape index (κ1) is 31.8. The zero-order valence-corrected chi connectivity index (χ0v) is 23.7. The Kier molecular flexibility index (Phi) is 12.5. The number of benzene rings is 1. The quantitative estimate of drug-likeness (QED) is 0.113. The molecule has 0 aliphatic heterocycles. The summed E-state index contributed by atoms with van der Waals surface area (Å²) in [6.07, 6.45) is 8.87. The van der Waals surface area contributed by atoms with Gasteiger partial charge in [-0.25, -0.2) is 19.2 Å². The average Bonchev–Trinajstić information content (AvgIpc) is 2.98. The highest BCUT2D eigenvalue weighted by Crippen LogP contribution is 2.34. The van der Waals surface area contributed by atoms with Gasteiger partial charge in [-0.3, -0.25) is 9.59 Å². The van der Waals surface area contributed by atoms with Crippen LogP contribution in [-0.2, 0) is 9.53 Å². The SMILES string of the molecule is CNC(=O)c1cnc(Nc2ccc(F)cn2)cc1Nc1cccc(C(=O)OCCCCCCCCCC(=O)O)c1OC. The van der Waals surface area contributed by atoms with Crippen LogP contribution < -0.4 is 20.7 Å². The molecule has 0 bridgehead atoms. The predicted molar refractivity (Wildman–Crippen MR) is 156 cm³/mol. The Balaban J connectivity index is 1.64. The fourth-order valence-electron chi connectivity index (χ4n) is 4.19. The third kappa shape index (κ3) is 9.72. The van der Waals surface area contributed by atoms with Crippen molar-refractivity contribution in [3.63, 3.8) is 0 Å². The summed E-state index contributed by atoms with van der Waals surface area (Å²) in [7, 11) is 2.94. The van der Waals surface area contributed by atoms with Crippen LogP contribution in [0.3, 0.4) is 0 Å². The second kappa shape index (κ2) is 16.5. The van der Waals surface area contributed by atoms with Crippen molar-refractivity contribution in [2.45, 2.75) is 51.4 Å². The summed E-state index contributed by atoms with van der Waals surface area (Å²) >= 11 is 0. The van der Waals surface area contributed by atoms with Gasteiger partial charge in [-0.15, -0.1) is 0 Å². The molecule has 0 aliphatic carbocycles. The number of amides is 1. The van der Waals surface area contributed by atoms with Gasteiger partial charge in [0.05, 0.1) is 36.9 Å². The maximum atomic E-state index is 13.2. The Bertz CT molecular complexity index is 1350. The molecule has 2 heterocycles. The van der Waals surface area contributed by atoms with Crippen LogP contribution in [0.1, 0.15) is 72.1 Å². The van der Waals surface area contributed by atoms with Crippen LogP contribution in [0.15, 0.2) is 48.8 Å². The van der Waals surface area contributed by atoms with Crippen molar-refractivity contribution in [2.24, 2.45) is 0 Å². The van der Waals surface area contributed by atoms with Gasteiger partial charge in [0.1, 0.15) is 23.0 Å². The third-order valence-electron chi connectivity index (χ3n) is 6.34. The number of anilines is 4. The number of aromatic nitrogens is 2. The lowest BCUT2D eigenvalue weighted by atomic mass is 10.1. The number of para-hydroxylation sites is 1. The van der Waals surface area contributed by atoms with E-state index in [0.29, 0.717) is 35.9 Å². The normalized spacial score (nSPS) is 10.5. The molecule has 0 atom stereocenters. The van der Waals surface area contributed by atoms with E-state index in [-0.39, 0.29) is 35.8 Å². The smallest absolute Gasteiger partial charge is 0.342 e. The number of hydrogen-bond donors (Lipinski definition) is 4. The lowest BCUT2D eigenvalue weighted by Crippen LogP contribution is -2.20. The van der Waals surface area contributed by atoms with Crippen molar-refractivity contribution in [2.75, 3.05) is 31.4 Å². The van der Waals surface area contributed by atoms with Crippen LogP contribution in [0.4, 0.5) is 27.4 Å². The first-order chi connectivity index (χ1) is 20.3. The first-order valence-corrected chi connectivity index (χ1v) is 13.8. The number of nitrogens with zero attached hydrogens (tertiary/aromatic N) is 2. The molecule has 4 N–H and O–H groups in total. The molecule has 0 saturated heterocycles. The molecule has 2 aromatic heterocycles. The Hall–Kier alpha value is -4.74. The van der Waals surface area contributed by atoms with E-state index < -0.39 is 17.8 Å². The maximum Gasteiger partial charge on any atom is 0.342 e. The van der Waals surface area contributed by atoms with E-state index in [1.54, 1.807) is 24.3 Å². The van der Waals surface area contributed by atoms with Crippen molar-refractivity contribution in [3.8, 4) is 5.75 Å². The number of unbranched alkanes of at least 4 members (excludes halogenated alkanes) is 6. The van der Waals surface area contributed by atoms with E-state index in [0.717, 1.165) is 38.3 Å². The summed E-state index contributed by atoms with van der Waals surface area (Å²) in [5.41, 5.74) is 1.27. The lowest BCUT2D eigenvalue weighted by molar-refractivity contribution is -0.137. The Labute approximate surface area is 243 Å². The van der Waals surface area contributed by atoms with Gasteiger partial charge in [0, 0.05) is 25.7 Å². The highest BCUT2D eigenvalue weighted by molar-refractivity contribution is 6.01. The number of pyridine rings is 2. The first-order valence-electron chi connectivity index (χ1n) is 13.8. The number of ether oxygens (including phenoxy) is 2. The number of esters is 1. The molecule has 42 heavy (non-hydrogen) atoms. The number of rotatable bonds is 17. The predicted octanol–water partition coefficient (Wildman–Crippen LogP) is 5.83. The van der Waals surface area contributed by atoms with Crippen molar-refractivity contribution in [1.29, 1.82) is 0 Å². The number of methoxy groups -OCH3 is 1. The van der Waals surface area contributed by atoms with Crippen molar-refractivity contribution >= 4 is 40.9 Å². The molecule has 12 heteroatoms. The Morgan fingerprint density at radius 2 is 1.57 bits per heavy atom. The highest BCUT2D eigenvalue weighted by atomic mass is 19.1. The van der Waals surface area contributed by atoms with Gasteiger partial charge in [-0.05, 0) is 37.1 Å². The molecule has 224 valence electrons. The van der Waals surface area contributed by atoms with E-state index in [4.69, 9.17) is 14.6 Å². The van der Waals surface area contributed by atoms with E-state index >= 15 is 0 Å². The van der Waals surface area contributed by atoms with Gasteiger partial charge in [-0.1, -0.05) is 38.2 Å². The second-order valence-corrected chi connectivity index (χ2v) is 9.45. The van der Waals surface area contributed by atoms with E-state index in [1.165, 1.54) is 32.5 Å². The van der Waals surface area contributed by atoms with E-state index in [9.17, 15) is 18.8 Å². The molecule has 0 aliphatic rings. The fraction of sp³-hybridized carbons (Fsp3) is 0.367. The van der Waals surface area contributed by atoms with Gasteiger partial charge in [0.25, 0.3) is 5.91 Å². The number of nitrogens with one attached hydrogen (secondary N) is 3. The number of carboxylic acid groups (broad SMARTS) is 1. The van der Waals surface area contributed by atoms with E-state index in [2.05, 4.69) is 25.9 Å². The minimum Gasteiger partial charge on any atom is -0.494 e. The molecule has 1 aromatic carbocycles. The zero-order chi connectivity index (χ0) is 30.3. The molecule has 3 rings (SSSR count). The van der Waals surface area contributed by atoms with E-state index in [1.807, 2.05) is 0 Å². The molecular weight excluding hydrogens is 545 g/mol.